The molecule has 2 aromatic carbocycles. The van der Waals surface area contributed by atoms with Crippen LogP contribution in [-0.4, -0.2) is 27.1 Å². The van der Waals surface area contributed by atoms with E-state index in [9.17, 15) is 17.6 Å². The van der Waals surface area contributed by atoms with Crippen LogP contribution < -0.4 is 9.62 Å². The minimum atomic E-state index is -3.53. The molecule has 0 atom stereocenters. The maximum atomic E-state index is 13.6. The van der Waals surface area contributed by atoms with E-state index < -0.39 is 10.0 Å². The van der Waals surface area contributed by atoms with E-state index in [1.807, 2.05) is 19.9 Å². The number of nitrogens with one attached hydrogen (secondary N) is 1. The molecular formula is C19H23FN2O3S. The Hall–Kier alpha value is -2.41. The molecule has 0 aliphatic carbocycles. The highest BCUT2D eigenvalue weighted by Gasteiger charge is 2.20. The Morgan fingerprint density at radius 2 is 1.81 bits per heavy atom. The SMILES string of the molecule is Cc1cccc(N(CCC(=O)NCc2ccccc2F)S(C)(=O)=O)c1C. The molecule has 0 saturated carbocycles. The molecule has 0 heterocycles. The molecule has 0 unspecified atom stereocenters. The minimum Gasteiger partial charge on any atom is -0.352 e. The van der Waals surface area contributed by atoms with E-state index in [-0.39, 0.29) is 31.2 Å². The third kappa shape index (κ3) is 5.05. The van der Waals surface area contributed by atoms with Gasteiger partial charge < -0.3 is 5.32 Å². The first kappa shape index (κ1) is 19.9. The van der Waals surface area contributed by atoms with Crippen molar-refractivity contribution in [2.24, 2.45) is 0 Å². The summed E-state index contributed by atoms with van der Waals surface area (Å²) >= 11 is 0. The highest BCUT2D eigenvalue weighted by molar-refractivity contribution is 7.92. The number of halogens is 1. The summed E-state index contributed by atoms with van der Waals surface area (Å²) in [4.78, 5) is 12.1. The van der Waals surface area contributed by atoms with Gasteiger partial charge in [-0.15, -0.1) is 0 Å². The van der Waals surface area contributed by atoms with E-state index in [1.165, 1.54) is 10.4 Å². The average Bonchev–Trinajstić information content (AvgIpc) is 2.57. The number of nitrogens with zero attached hydrogens (tertiary/aromatic N) is 1. The second-order valence-corrected chi connectivity index (χ2v) is 8.08. The largest absolute Gasteiger partial charge is 0.352 e. The number of carbonyl (C=O) groups is 1. The summed E-state index contributed by atoms with van der Waals surface area (Å²) in [6.45, 7) is 3.83. The van der Waals surface area contributed by atoms with Crippen molar-refractivity contribution in [3.63, 3.8) is 0 Å². The molecule has 5 nitrogen and oxygen atoms in total. The summed E-state index contributed by atoms with van der Waals surface area (Å²) in [5.74, 6) is -0.729. The number of rotatable bonds is 7. The maximum Gasteiger partial charge on any atom is 0.232 e. The zero-order chi connectivity index (χ0) is 19.3. The summed E-state index contributed by atoms with van der Waals surface area (Å²) in [6, 6.07) is 11.6. The van der Waals surface area contributed by atoms with Crippen molar-refractivity contribution in [3.8, 4) is 0 Å². The lowest BCUT2D eigenvalue weighted by Crippen LogP contribution is -2.35. The Labute approximate surface area is 153 Å². The Morgan fingerprint density at radius 1 is 1.12 bits per heavy atom. The molecule has 0 spiro atoms. The Balaban J connectivity index is 2.05. The minimum absolute atomic E-state index is 0.0189. The molecule has 0 fully saturated rings. The van der Waals surface area contributed by atoms with Gasteiger partial charge in [0.1, 0.15) is 5.82 Å². The lowest BCUT2D eigenvalue weighted by Gasteiger charge is -2.24. The van der Waals surface area contributed by atoms with Crippen LogP contribution in [-0.2, 0) is 21.4 Å². The fourth-order valence-corrected chi connectivity index (χ4v) is 3.58. The standard InChI is InChI=1S/C19H23FN2O3S/c1-14-7-6-10-18(15(14)2)22(26(3,24)25)12-11-19(23)21-13-16-8-4-5-9-17(16)20/h4-10H,11-13H2,1-3H3,(H,21,23). The van der Waals surface area contributed by atoms with Crippen LogP contribution in [0, 0.1) is 19.7 Å². The molecule has 1 N–H and O–H groups in total. The highest BCUT2D eigenvalue weighted by Crippen LogP contribution is 2.25. The normalized spacial score (nSPS) is 11.2. The van der Waals surface area contributed by atoms with Crippen molar-refractivity contribution in [2.75, 3.05) is 17.1 Å². The van der Waals surface area contributed by atoms with Crippen LogP contribution in [0.4, 0.5) is 10.1 Å². The number of benzene rings is 2. The number of hydrogen-bond donors (Lipinski definition) is 1. The van der Waals surface area contributed by atoms with Gasteiger partial charge in [-0.05, 0) is 37.1 Å². The van der Waals surface area contributed by atoms with Crippen LogP contribution in [0.15, 0.2) is 42.5 Å². The maximum absolute atomic E-state index is 13.6. The van der Waals surface area contributed by atoms with Gasteiger partial charge in [0.25, 0.3) is 0 Å². The van der Waals surface area contributed by atoms with E-state index in [0.717, 1.165) is 17.4 Å². The number of hydrogen-bond acceptors (Lipinski definition) is 3. The number of aryl methyl sites for hydroxylation is 1. The quantitative estimate of drug-likeness (QED) is 0.806. The molecule has 0 aliphatic rings. The van der Waals surface area contributed by atoms with Gasteiger partial charge in [0.05, 0.1) is 11.9 Å². The van der Waals surface area contributed by atoms with Crippen molar-refractivity contribution >= 4 is 21.6 Å². The van der Waals surface area contributed by atoms with Crippen LogP contribution in [0.5, 0.6) is 0 Å². The third-order valence-electron chi connectivity index (χ3n) is 4.22. The molecule has 2 aromatic rings. The predicted octanol–water partition coefficient (Wildman–Crippen LogP) is 2.92. The van der Waals surface area contributed by atoms with Gasteiger partial charge in [0, 0.05) is 25.1 Å². The lowest BCUT2D eigenvalue weighted by atomic mass is 10.1. The number of anilines is 1. The second-order valence-electron chi connectivity index (χ2n) is 6.17. The average molecular weight is 378 g/mol. The molecule has 2 rings (SSSR count). The van der Waals surface area contributed by atoms with Crippen LogP contribution in [0.25, 0.3) is 0 Å². The Morgan fingerprint density at radius 3 is 2.46 bits per heavy atom. The molecule has 7 heteroatoms. The first-order chi connectivity index (χ1) is 12.2. The molecular weight excluding hydrogens is 355 g/mol. The fraction of sp³-hybridized carbons (Fsp3) is 0.316. The smallest absolute Gasteiger partial charge is 0.232 e. The summed E-state index contributed by atoms with van der Waals surface area (Å²) in [6.07, 6.45) is 1.10. The number of carbonyl (C=O) groups excluding carboxylic acids is 1. The monoisotopic (exact) mass is 378 g/mol. The summed E-state index contributed by atoms with van der Waals surface area (Å²) in [5.41, 5.74) is 2.77. The second kappa shape index (κ2) is 8.31. The summed E-state index contributed by atoms with van der Waals surface area (Å²) < 4.78 is 39.2. The van der Waals surface area contributed by atoms with Gasteiger partial charge in [-0.25, -0.2) is 12.8 Å². The van der Waals surface area contributed by atoms with Gasteiger partial charge in [-0.2, -0.15) is 0 Å². The Kier molecular flexibility index (Phi) is 6.37. The molecule has 0 saturated heterocycles. The Bertz CT molecular complexity index is 897. The zero-order valence-electron chi connectivity index (χ0n) is 15.1. The third-order valence-corrected chi connectivity index (χ3v) is 5.40. The first-order valence-corrected chi connectivity index (χ1v) is 10.1. The first-order valence-electron chi connectivity index (χ1n) is 8.24. The summed E-state index contributed by atoms with van der Waals surface area (Å²) in [7, 11) is -3.53. The molecule has 1 amide bonds. The van der Waals surface area contributed by atoms with Crippen LogP contribution >= 0.6 is 0 Å². The molecule has 0 bridgehead atoms. The van der Waals surface area contributed by atoms with E-state index in [4.69, 9.17) is 0 Å². The van der Waals surface area contributed by atoms with Crippen molar-refractivity contribution in [2.45, 2.75) is 26.8 Å². The van der Waals surface area contributed by atoms with Crippen molar-refractivity contribution in [1.82, 2.24) is 5.32 Å². The molecule has 140 valence electrons. The van der Waals surface area contributed by atoms with Crippen molar-refractivity contribution < 1.29 is 17.6 Å². The van der Waals surface area contributed by atoms with E-state index in [1.54, 1.807) is 30.3 Å². The van der Waals surface area contributed by atoms with Crippen LogP contribution in [0.3, 0.4) is 0 Å². The van der Waals surface area contributed by atoms with E-state index in [2.05, 4.69) is 5.32 Å². The van der Waals surface area contributed by atoms with E-state index >= 15 is 0 Å². The fourth-order valence-electron chi connectivity index (χ4n) is 2.60. The molecule has 26 heavy (non-hydrogen) atoms. The summed E-state index contributed by atoms with van der Waals surface area (Å²) in [5, 5.41) is 2.62. The van der Waals surface area contributed by atoms with Crippen molar-refractivity contribution in [3.05, 3.63) is 65.0 Å². The lowest BCUT2D eigenvalue weighted by molar-refractivity contribution is -0.121. The zero-order valence-corrected chi connectivity index (χ0v) is 15.9. The van der Waals surface area contributed by atoms with Gasteiger partial charge in [-0.1, -0.05) is 30.3 Å². The topological polar surface area (TPSA) is 66.5 Å². The van der Waals surface area contributed by atoms with Gasteiger partial charge >= 0.3 is 0 Å². The highest BCUT2D eigenvalue weighted by atomic mass is 32.2. The number of sulfonamides is 1. The van der Waals surface area contributed by atoms with Gasteiger partial charge in [0.15, 0.2) is 0 Å². The van der Waals surface area contributed by atoms with Crippen LogP contribution in [0.1, 0.15) is 23.1 Å². The van der Waals surface area contributed by atoms with Crippen LogP contribution in [0.2, 0.25) is 0 Å². The molecule has 0 aliphatic heterocycles. The van der Waals surface area contributed by atoms with Gasteiger partial charge in [0.2, 0.25) is 15.9 Å². The van der Waals surface area contributed by atoms with Crippen molar-refractivity contribution in [1.29, 1.82) is 0 Å². The molecule has 0 aromatic heterocycles. The number of amides is 1. The van der Waals surface area contributed by atoms with Gasteiger partial charge in [-0.3, -0.25) is 9.10 Å². The van der Waals surface area contributed by atoms with E-state index in [0.29, 0.717) is 11.3 Å². The predicted molar refractivity (Wildman–Crippen MR) is 101 cm³/mol. The molecule has 0 radical (unpaired) electrons.